The summed E-state index contributed by atoms with van der Waals surface area (Å²) in [6.07, 6.45) is -0.0252. The second-order valence-electron chi connectivity index (χ2n) is 4.42. The predicted molar refractivity (Wildman–Crippen MR) is 80.2 cm³/mol. The monoisotopic (exact) mass is 402 g/mol. The first-order valence-corrected chi connectivity index (χ1v) is 7.76. The highest BCUT2D eigenvalue weighted by Crippen LogP contribution is 2.39. The van der Waals surface area contributed by atoms with E-state index in [4.69, 9.17) is 13.9 Å². The second-order valence-corrected chi connectivity index (χ2v) is 6.05. The fourth-order valence-electron chi connectivity index (χ4n) is 2.04. The van der Waals surface area contributed by atoms with Crippen molar-refractivity contribution in [2.45, 2.75) is 12.5 Å². The van der Waals surface area contributed by atoms with Crippen molar-refractivity contribution in [3.05, 3.63) is 44.7 Å². The maximum Gasteiger partial charge on any atom is 0.169 e. The molecule has 1 unspecified atom stereocenters. The number of hydrogen-bond donors (Lipinski definition) is 1. The molecule has 0 saturated carbocycles. The fraction of sp³-hybridized carbons (Fsp3) is 0.286. The first-order valence-electron chi connectivity index (χ1n) is 6.17. The highest BCUT2D eigenvalue weighted by molar-refractivity contribution is 9.10. The number of rotatable bonds is 2. The van der Waals surface area contributed by atoms with Gasteiger partial charge in [0.2, 0.25) is 0 Å². The average Bonchev–Trinajstić information content (AvgIpc) is 2.73. The number of hydrogen-bond acceptors (Lipinski definition) is 4. The molecule has 0 aliphatic carbocycles. The summed E-state index contributed by atoms with van der Waals surface area (Å²) in [7, 11) is 0. The molecule has 2 heterocycles. The Kier molecular flexibility index (Phi) is 4.05. The van der Waals surface area contributed by atoms with Crippen molar-refractivity contribution in [2.75, 3.05) is 13.2 Å². The number of furan rings is 1. The maximum absolute atomic E-state index is 10.4. The molecule has 3 rings (SSSR count). The van der Waals surface area contributed by atoms with Crippen LogP contribution in [-0.4, -0.2) is 18.3 Å². The summed E-state index contributed by atoms with van der Waals surface area (Å²) in [5, 5.41) is 10.4. The summed E-state index contributed by atoms with van der Waals surface area (Å²) >= 11 is 6.68. The van der Waals surface area contributed by atoms with Gasteiger partial charge in [0, 0.05) is 16.5 Å². The Labute approximate surface area is 132 Å². The molecule has 2 aromatic rings. The van der Waals surface area contributed by atoms with E-state index in [1.807, 2.05) is 6.07 Å². The van der Waals surface area contributed by atoms with Crippen LogP contribution in [0.25, 0.3) is 0 Å². The van der Waals surface area contributed by atoms with Gasteiger partial charge < -0.3 is 19.0 Å². The lowest BCUT2D eigenvalue weighted by Crippen LogP contribution is -2.01. The third-order valence-electron chi connectivity index (χ3n) is 3.02. The maximum atomic E-state index is 10.4. The van der Waals surface area contributed by atoms with Gasteiger partial charge in [-0.05, 0) is 40.2 Å². The third-order valence-corrected chi connectivity index (χ3v) is 4.14. The van der Waals surface area contributed by atoms with Crippen molar-refractivity contribution < 1.29 is 19.0 Å². The Balaban J connectivity index is 1.99. The predicted octanol–water partition coefficient (Wildman–Crippen LogP) is 4.05. The zero-order chi connectivity index (χ0) is 14.1. The number of fused-ring (bicyclic) bond motifs is 1. The van der Waals surface area contributed by atoms with Crippen LogP contribution in [0.3, 0.4) is 0 Å². The van der Waals surface area contributed by atoms with Gasteiger partial charge in [0.25, 0.3) is 0 Å². The van der Waals surface area contributed by atoms with Crippen LogP contribution in [0.1, 0.15) is 23.8 Å². The molecule has 0 saturated heterocycles. The Morgan fingerprint density at radius 3 is 2.40 bits per heavy atom. The molecule has 0 spiro atoms. The van der Waals surface area contributed by atoms with Crippen molar-refractivity contribution in [3.8, 4) is 11.5 Å². The van der Waals surface area contributed by atoms with Crippen LogP contribution in [0.15, 0.2) is 37.8 Å². The fourth-order valence-corrected chi connectivity index (χ4v) is 2.90. The van der Waals surface area contributed by atoms with E-state index < -0.39 is 6.10 Å². The lowest BCUT2D eigenvalue weighted by Gasteiger charge is -2.14. The van der Waals surface area contributed by atoms with E-state index in [2.05, 4.69) is 31.9 Å². The molecule has 20 heavy (non-hydrogen) atoms. The second kappa shape index (κ2) is 5.79. The Morgan fingerprint density at radius 1 is 1.05 bits per heavy atom. The van der Waals surface area contributed by atoms with Gasteiger partial charge in [-0.15, -0.1) is 0 Å². The van der Waals surface area contributed by atoms with Gasteiger partial charge in [-0.25, -0.2) is 0 Å². The minimum atomic E-state index is -0.868. The molecule has 6 heteroatoms. The average molecular weight is 404 g/mol. The molecule has 0 fully saturated rings. The SMILES string of the molecule is OC(c1ccc(Br)o1)c1cc2c(cc1Br)OCCCO2. The van der Waals surface area contributed by atoms with Gasteiger partial charge in [0.1, 0.15) is 11.9 Å². The summed E-state index contributed by atoms with van der Waals surface area (Å²) in [6, 6.07) is 7.07. The van der Waals surface area contributed by atoms with Crippen LogP contribution in [0.2, 0.25) is 0 Å². The minimum Gasteiger partial charge on any atom is -0.490 e. The van der Waals surface area contributed by atoms with Gasteiger partial charge in [-0.3, -0.25) is 0 Å². The molecule has 106 valence electrons. The Morgan fingerprint density at radius 2 is 1.75 bits per heavy atom. The van der Waals surface area contributed by atoms with Crippen LogP contribution >= 0.6 is 31.9 Å². The zero-order valence-electron chi connectivity index (χ0n) is 10.4. The van der Waals surface area contributed by atoms with Crippen LogP contribution < -0.4 is 9.47 Å². The molecular formula is C14H12Br2O4. The highest BCUT2D eigenvalue weighted by Gasteiger charge is 2.21. The molecule has 1 N–H and O–H groups in total. The molecular weight excluding hydrogens is 392 g/mol. The lowest BCUT2D eigenvalue weighted by atomic mass is 10.1. The summed E-state index contributed by atoms with van der Waals surface area (Å²) in [5.41, 5.74) is 0.677. The van der Waals surface area contributed by atoms with Crippen LogP contribution in [-0.2, 0) is 0 Å². The normalized spacial score (nSPS) is 15.8. The molecule has 1 aromatic carbocycles. The van der Waals surface area contributed by atoms with Gasteiger partial charge in [-0.2, -0.15) is 0 Å². The van der Waals surface area contributed by atoms with Crippen LogP contribution in [0.4, 0.5) is 0 Å². The van der Waals surface area contributed by atoms with Crippen molar-refractivity contribution in [3.63, 3.8) is 0 Å². The van der Waals surface area contributed by atoms with Crippen LogP contribution in [0, 0.1) is 0 Å². The summed E-state index contributed by atoms with van der Waals surface area (Å²) in [4.78, 5) is 0. The van der Waals surface area contributed by atoms with E-state index in [1.165, 1.54) is 0 Å². The van der Waals surface area contributed by atoms with Crippen molar-refractivity contribution in [2.24, 2.45) is 0 Å². The number of ether oxygens (including phenoxy) is 2. The molecule has 1 aromatic heterocycles. The van der Waals surface area contributed by atoms with Crippen molar-refractivity contribution >= 4 is 31.9 Å². The zero-order valence-corrected chi connectivity index (χ0v) is 13.6. The molecule has 1 aliphatic heterocycles. The number of benzene rings is 1. The smallest absolute Gasteiger partial charge is 0.169 e. The third kappa shape index (κ3) is 2.73. The largest absolute Gasteiger partial charge is 0.490 e. The quantitative estimate of drug-likeness (QED) is 0.821. The molecule has 0 amide bonds. The summed E-state index contributed by atoms with van der Waals surface area (Å²) in [5.74, 6) is 1.79. The molecule has 1 aliphatic rings. The van der Waals surface area contributed by atoms with Crippen molar-refractivity contribution in [1.29, 1.82) is 0 Å². The van der Waals surface area contributed by atoms with E-state index in [1.54, 1.807) is 18.2 Å². The van der Waals surface area contributed by atoms with E-state index in [9.17, 15) is 5.11 Å². The summed E-state index contributed by atoms with van der Waals surface area (Å²) in [6.45, 7) is 1.24. The molecule has 1 atom stereocenters. The molecule has 0 radical (unpaired) electrons. The first-order chi connectivity index (χ1) is 9.65. The Bertz CT molecular complexity index is 624. The van der Waals surface area contributed by atoms with E-state index >= 15 is 0 Å². The van der Waals surface area contributed by atoms with Crippen molar-refractivity contribution in [1.82, 2.24) is 0 Å². The summed E-state index contributed by atoms with van der Waals surface area (Å²) < 4.78 is 18.0. The highest BCUT2D eigenvalue weighted by atomic mass is 79.9. The number of aliphatic hydroxyl groups excluding tert-OH is 1. The van der Waals surface area contributed by atoms with Gasteiger partial charge in [0.05, 0.1) is 13.2 Å². The van der Waals surface area contributed by atoms with E-state index in [0.29, 0.717) is 40.7 Å². The standard InChI is InChI=1S/C14H12Br2O4/c15-9-7-12-11(18-4-1-5-19-12)6-8(9)14(17)10-2-3-13(16)20-10/h2-3,6-7,14,17H,1,4-5H2. The van der Waals surface area contributed by atoms with E-state index in [0.717, 1.165) is 10.9 Å². The van der Waals surface area contributed by atoms with Gasteiger partial charge in [0.15, 0.2) is 16.2 Å². The Hall–Kier alpha value is -0.980. The van der Waals surface area contributed by atoms with E-state index in [-0.39, 0.29) is 0 Å². The number of halogens is 2. The van der Waals surface area contributed by atoms with Gasteiger partial charge in [-0.1, -0.05) is 15.9 Å². The minimum absolute atomic E-state index is 0.465. The topological polar surface area (TPSA) is 51.8 Å². The lowest BCUT2D eigenvalue weighted by molar-refractivity contribution is 0.186. The molecule has 4 nitrogen and oxygen atoms in total. The van der Waals surface area contributed by atoms with Crippen LogP contribution in [0.5, 0.6) is 11.5 Å². The molecule has 0 bridgehead atoms. The van der Waals surface area contributed by atoms with Gasteiger partial charge >= 0.3 is 0 Å². The number of aliphatic hydroxyl groups is 1. The first kappa shape index (κ1) is 14.0.